The summed E-state index contributed by atoms with van der Waals surface area (Å²) in [7, 11) is 2.74. The Morgan fingerprint density at radius 1 is 0.929 bits per heavy atom. The molecule has 28 heavy (non-hydrogen) atoms. The molecule has 0 N–H and O–H groups in total. The second kappa shape index (κ2) is 9.46. The molecule has 0 saturated carbocycles. The first-order chi connectivity index (χ1) is 13.7. The van der Waals surface area contributed by atoms with Gasteiger partial charge in [-0.25, -0.2) is 4.79 Å². The number of carbonyl (C=O) groups is 1. The number of oxime groups is 1. The van der Waals surface area contributed by atoms with E-state index in [1.165, 1.54) is 19.8 Å². The van der Waals surface area contributed by atoms with E-state index in [9.17, 15) is 4.79 Å². The fourth-order valence-corrected chi connectivity index (χ4v) is 3.01. The van der Waals surface area contributed by atoms with E-state index >= 15 is 0 Å². The third kappa shape index (κ3) is 4.62. The highest BCUT2D eigenvalue weighted by molar-refractivity contribution is 6.43. The van der Waals surface area contributed by atoms with Crippen molar-refractivity contribution >= 4 is 11.7 Å². The number of nitrogens with zero attached hydrogens (tertiary/aromatic N) is 2. The topological polar surface area (TPSA) is 60.8 Å². The Balaban J connectivity index is 1.76. The monoisotopic (exact) mass is 374 g/mol. The summed E-state index contributed by atoms with van der Waals surface area (Å²) in [5, 5.41) is 3.86. The van der Waals surface area contributed by atoms with Crippen molar-refractivity contribution in [2.45, 2.75) is 12.8 Å². The van der Waals surface area contributed by atoms with Gasteiger partial charge in [-0.1, -0.05) is 59.8 Å². The molecule has 0 unspecified atom stereocenters. The first-order valence-corrected chi connectivity index (χ1v) is 9.01. The SMILES string of the molecule is CO/N=C(\C(=O)OC)c1ccccc1CCc1ccc(-c2ccccn2)cc1. The Hall–Kier alpha value is -3.47. The number of methoxy groups -OCH3 is 1. The van der Waals surface area contributed by atoms with Crippen LogP contribution in [-0.2, 0) is 27.2 Å². The summed E-state index contributed by atoms with van der Waals surface area (Å²) in [6.45, 7) is 0. The first kappa shape index (κ1) is 19.3. The van der Waals surface area contributed by atoms with E-state index < -0.39 is 5.97 Å². The van der Waals surface area contributed by atoms with Crippen molar-refractivity contribution in [2.24, 2.45) is 5.16 Å². The Kier molecular flexibility index (Phi) is 6.52. The number of hydrogen-bond acceptors (Lipinski definition) is 5. The zero-order valence-electron chi connectivity index (χ0n) is 16.0. The highest BCUT2D eigenvalue weighted by Crippen LogP contribution is 2.19. The molecule has 5 heteroatoms. The van der Waals surface area contributed by atoms with Crippen molar-refractivity contribution in [1.29, 1.82) is 0 Å². The third-order valence-electron chi connectivity index (χ3n) is 4.43. The van der Waals surface area contributed by atoms with Crippen molar-refractivity contribution in [2.75, 3.05) is 14.2 Å². The Morgan fingerprint density at radius 2 is 1.68 bits per heavy atom. The van der Waals surface area contributed by atoms with Crippen LogP contribution in [0.5, 0.6) is 0 Å². The molecule has 2 aromatic carbocycles. The summed E-state index contributed by atoms with van der Waals surface area (Å²) in [6.07, 6.45) is 3.39. The maximum atomic E-state index is 12.1. The quantitative estimate of drug-likeness (QED) is 0.355. The molecule has 3 rings (SSSR count). The largest absolute Gasteiger partial charge is 0.464 e. The average Bonchev–Trinajstić information content (AvgIpc) is 2.77. The molecule has 5 nitrogen and oxygen atoms in total. The van der Waals surface area contributed by atoms with Crippen LogP contribution in [0, 0.1) is 0 Å². The Bertz CT molecular complexity index is 951. The highest BCUT2D eigenvalue weighted by atomic mass is 16.6. The van der Waals surface area contributed by atoms with Crippen molar-refractivity contribution in [1.82, 2.24) is 4.98 Å². The molecule has 142 valence electrons. The lowest BCUT2D eigenvalue weighted by Gasteiger charge is -2.10. The summed E-state index contributed by atoms with van der Waals surface area (Å²) in [4.78, 5) is 21.3. The number of aromatic nitrogens is 1. The first-order valence-electron chi connectivity index (χ1n) is 9.01. The Morgan fingerprint density at radius 3 is 2.36 bits per heavy atom. The summed E-state index contributed by atoms with van der Waals surface area (Å²) in [5.41, 5.74) is 5.16. The van der Waals surface area contributed by atoms with Crippen LogP contribution in [0.3, 0.4) is 0 Å². The molecule has 1 aromatic heterocycles. The molecule has 0 aliphatic heterocycles. The molecule has 0 amide bonds. The van der Waals surface area contributed by atoms with Gasteiger partial charge in [0, 0.05) is 17.3 Å². The van der Waals surface area contributed by atoms with Gasteiger partial charge in [-0.2, -0.15) is 0 Å². The molecular weight excluding hydrogens is 352 g/mol. The van der Waals surface area contributed by atoms with E-state index in [-0.39, 0.29) is 5.71 Å². The van der Waals surface area contributed by atoms with E-state index in [4.69, 9.17) is 9.57 Å². The van der Waals surface area contributed by atoms with Crippen LogP contribution in [0.2, 0.25) is 0 Å². The summed E-state index contributed by atoms with van der Waals surface area (Å²) >= 11 is 0. The minimum Gasteiger partial charge on any atom is -0.464 e. The minimum atomic E-state index is -0.519. The van der Waals surface area contributed by atoms with Gasteiger partial charge < -0.3 is 9.57 Å². The summed E-state index contributed by atoms with van der Waals surface area (Å²) in [5.74, 6) is -0.519. The van der Waals surface area contributed by atoms with Crippen LogP contribution < -0.4 is 0 Å². The molecule has 0 aliphatic rings. The van der Waals surface area contributed by atoms with Crippen molar-refractivity contribution in [3.8, 4) is 11.3 Å². The number of ether oxygens (including phenoxy) is 1. The molecule has 1 heterocycles. The normalized spacial score (nSPS) is 11.1. The van der Waals surface area contributed by atoms with E-state index in [1.54, 1.807) is 6.20 Å². The highest BCUT2D eigenvalue weighted by Gasteiger charge is 2.18. The Labute approximate surface area is 164 Å². The van der Waals surface area contributed by atoms with Gasteiger partial charge in [0.05, 0.1) is 12.8 Å². The molecule has 0 atom stereocenters. The van der Waals surface area contributed by atoms with Gasteiger partial charge in [0.1, 0.15) is 7.11 Å². The average molecular weight is 374 g/mol. The number of hydrogen-bond donors (Lipinski definition) is 0. The maximum Gasteiger partial charge on any atom is 0.360 e. The van der Waals surface area contributed by atoms with Gasteiger partial charge in [0.25, 0.3) is 0 Å². The van der Waals surface area contributed by atoms with Crippen LogP contribution in [0.25, 0.3) is 11.3 Å². The molecule has 0 fully saturated rings. The second-order valence-corrected chi connectivity index (χ2v) is 6.18. The molecule has 0 radical (unpaired) electrons. The van der Waals surface area contributed by atoms with Gasteiger partial charge in [-0.05, 0) is 36.1 Å². The van der Waals surface area contributed by atoms with Crippen molar-refractivity contribution in [3.05, 3.63) is 89.6 Å². The lowest BCUT2D eigenvalue weighted by molar-refractivity contribution is -0.132. The van der Waals surface area contributed by atoms with Gasteiger partial charge >= 0.3 is 5.97 Å². The molecule has 3 aromatic rings. The standard InChI is InChI=1S/C23H22N2O3/c1-27-23(26)22(25-28-2)20-8-4-3-7-18(20)13-10-17-11-14-19(15-12-17)21-9-5-6-16-24-21/h3-9,11-12,14-16H,10,13H2,1-2H3/b25-22-. The van der Waals surface area contributed by atoms with Crippen LogP contribution in [0.15, 0.2) is 78.1 Å². The van der Waals surface area contributed by atoms with E-state index in [2.05, 4.69) is 34.4 Å². The van der Waals surface area contributed by atoms with E-state index in [1.807, 2.05) is 42.5 Å². The van der Waals surface area contributed by atoms with Gasteiger partial charge in [0.2, 0.25) is 0 Å². The molecule has 0 aliphatic carbocycles. The summed E-state index contributed by atoms with van der Waals surface area (Å²) < 4.78 is 4.84. The van der Waals surface area contributed by atoms with Gasteiger partial charge in [-0.3, -0.25) is 4.98 Å². The lowest BCUT2D eigenvalue weighted by Crippen LogP contribution is -2.19. The smallest absolute Gasteiger partial charge is 0.360 e. The van der Waals surface area contributed by atoms with Crippen molar-refractivity contribution < 1.29 is 14.4 Å². The molecule has 0 bridgehead atoms. The molecular formula is C23H22N2O3. The second-order valence-electron chi connectivity index (χ2n) is 6.18. The van der Waals surface area contributed by atoms with Gasteiger partial charge in [-0.15, -0.1) is 0 Å². The zero-order valence-corrected chi connectivity index (χ0v) is 16.0. The van der Waals surface area contributed by atoms with Crippen molar-refractivity contribution in [3.63, 3.8) is 0 Å². The van der Waals surface area contributed by atoms with Crippen LogP contribution in [0.4, 0.5) is 0 Å². The number of carbonyl (C=O) groups excluding carboxylic acids is 1. The number of pyridine rings is 1. The number of esters is 1. The fraction of sp³-hybridized carbons (Fsp3) is 0.174. The van der Waals surface area contributed by atoms with E-state index in [0.29, 0.717) is 0 Å². The predicted molar refractivity (Wildman–Crippen MR) is 109 cm³/mol. The number of benzene rings is 2. The predicted octanol–water partition coefficient (Wildman–Crippen LogP) is 4.06. The van der Waals surface area contributed by atoms with E-state index in [0.717, 1.165) is 35.2 Å². The summed E-state index contributed by atoms with van der Waals surface area (Å²) in [6, 6.07) is 21.9. The maximum absolute atomic E-state index is 12.1. The third-order valence-corrected chi connectivity index (χ3v) is 4.43. The van der Waals surface area contributed by atoms with Crippen LogP contribution >= 0.6 is 0 Å². The van der Waals surface area contributed by atoms with Gasteiger partial charge in [0.15, 0.2) is 5.71 Å². The van der Waals surface area contributed by atoms with Crippen LogP contribution in [-0.4, -0.2) is 30.9 Å². The number of aryl methyl sites for hydroxylation is 2. The molecule has 0 spiro atoms. The fourth-order valence-electron chi connectivity index (χ4n) is 3.01. The lowest BCUT2D eigenvalue weighted by atomic mass is 9.96. The molecule has 0 saturated heterocycles. The van der Waals surface area contributed by atoms with Crippen LogP contribution in [0.1, 0.15) is 16.7 Å². The zero-order chi connectivity index (χ0) is 19.8. The number of rotatable bonds is 7. The minimum absolute atomic E-state index is 0.172.